The van der Waals surface area contributed by atoms with Gasteiger partial charge in [0.15, 0.2) is 0 Å². The van der Waals surface area contributed by atoms with Gasteiger partial charge in [-0.25, -0.2) is 4.79 Å². The van der Waals surface area contributed by atoms with Gasteiger partial charge in [0.1, 0.15) is 6.61 Å². The molecule has 2 amide bonds. The lowest BCUT2D eigenvalue weighted by molar-refractivity contribution is -0.141. The highest BCUT2D eigenvalue weighted by Gasteiger charge is 2.36. The number of carbonyl (C=O) groups is 3. The molecule has 0 saturated heterocycles. The summed E-state index contributed by atoms with van der Waals surface area (Å²) in [5.41, 5.74) is 4.68. The summed E-state index contributed by atoms with van der Waals surface area (Å²) < 4.78 is 5.70. The van der Waals surface area contributed by atoms with Gasteiger partial charge in [-0.2, -0.15) is 0 Å². The fraction of sp³-hybridized carbons (Fsp3) is 0.464. The van der Waals surface area contributed by atoms with Crippen molar-refractivity contribution in [2.24, 2.45) is 11.8 Å². The van der Waals surface area contributed by atoms with E-state index in [1.165, 1.54) is 11.1 Å². The second-order valence-electron chi connectivity index (χ2n) is 10.0. The minimum atomic E-state index is -0.797. The molecule has 0 aliphatic heterocycles. The number of ether oxygens (including phenoxy) is 1. The fourth-order valence-electron chi connectivity index (χ4n) is 6.05. The molecule has 3 N–H and O–H groups in total. The van der Waals surface area contributed by atoms with Gasteiger partial charge in [-0.1, -0.05) is 61.4 Å². The van der Waals surface area contributed by atoms with Gasteiger partial charge in [-0.15, -0.1) is 0 Å². The zero-order valence-corrected chi connectivity index (χ0v) is 19.7. The number of nitrogens with one attached hydrogen (secondary N) is 2. The Kier molecular flexibility index (Phi) is 6.75. The Bertz CT molecular complexity index is 1070. The van der Waals surface area contributed by atoms with E-state index in [1.807, 2.05) is 24.3 Å². The van der Waals surface area contributed by atoms with E-state index in [9.17, 15) is 19.5 Å². The summed E-state index contributed by atoms with van der Waals surface area (Å²) in [6.07, 6.45) is 4.56. The average Bonchev–Trinajstić information content (AvgIpc) is 3.46. The molecule has 35 heavy (non-hydrogen) atoms. The Balaban J connectivity index is 1.18. The normalized spacial score (nSPS) is 25.4. The highest BCUT2D eigenvalue weighted by atomic mass is 16.5. The number of fused-ring (bicyclic) bond motifs is 3. The summed E-state index contributed by atoms with van der Waals surface area (Å²) in [7, 11) is 0. The van der Waals surface area contributed by atoms with Crippen LogP contribution in [0.2, 0.25) is 0 Å². The van der Waals surface area contributed by atoms with Gasteiger partial charge in [0, 0.05) is 18.0 Å². The van der Waals surface area contributed by atoms with Crippen LogP contribution in [0.15, 0.2) is 48.5 Å². The maximum atomic E-state index is 13.0. The zero-order valence-electron chi connectivity index (χ0n) is 19.7. The first-order valence-corrected chi connectivity index (χ1v) is 12.7. The van der Waals surface area contributed by atoms with Crippen LogP contribution < -0.4 is 10.6 Å². The molecule has 184 valence electrons. The molecule has 5 rings (SSSR count). The van der Waals surface area contributed by atoms with Gasteiger partial charge < -0.3 is 20.5 Å². The van der Waals surface area contributed by atoms with Crippen molar-refractivity contribution in [1.29, 1.82) is 0 Å². The van der Waals surface area contributed by atoms with E-state index >= 15 is 0 Å². The van der Waals surface area contributed by atoms with E-state index in [0.29, 0.717) is 25.7 Å². The molecule has 0 radical (unpaired) electrons. The van der Waals surface area contributed by atoms with Gasteiger partial charge in [0.2, 0.25) is 5.91 Å². The first kappa shape index (κ1) is 23.4. The molecule has 2 aromatic carbocycles. The minimum Gasteiger partial charge on any atom is -0.481 e. The maximum Gasteiger partial charge on any atom is 0.407 e. The largest absolute Gasteiger partial charge is 0.481 e. The van der Waals surface area contributed by atoms with E-state index in [4.69, 9.17) is 4.74 Å². The lowest BCUT2D eigenvalue weighted by Gasteiger charge is -2.32. The topological polar surface area (TPSA) is 105 Å². The van der Waals surface area contributed by atoms with Crippen LogP contribution in [0.25, 0.3) is 11.1 Å². The van der Waals surface area contributed by atoms with Gasteiger partial charge in [-0.3, -0.25) is 9.59 Å². The molecule has 0 aromatic heterocycles. The van der Waals surface area contributed by atoms with Crippen molar-refractivity contribution < 1.29 is 24.2 Å². The maximum absolute atomic E-state index is 13.0. The number of rotatable bonds is 6. The Labute approximate surface area is 205 Å². The molecule has 2 aromatic rings. The molecule has 4 atom stereocenters. The number of carboxylic acids is 1. The van der Waals surface area contributed by atoms with E-state index in [1.54, 1.807) is 0 Å². The number of amides is 2. The third-order valence-electron chi connectivity index (χ3n) is 7.88. The van der Waals surface area contributed by atoms with Crippen molar-refractivity contribution >= 4 is 18.0 Å². The first-order valence-electron chi connectivity index (χ1n) is 12.7. The Morgan fingerprint density at radius 1 is 0.857 bits per heavy atom. The van der Waals surface area contributed by atoms with Crippen LogP contribution in [-0.2, 0) is 14.3 Å². The standard InChI is InChI=1S/C28H32N2O5/c31-26(29-18-14-13-17(15-18)27(32)33)23-11-5-6-12-25(23)30-28(34)35-16-24-21-9-3-1-7-19(21)20-8-2-4-10-22(20)24/h1-4,7-10,17-18,23-25H,5-6,11-16H2,(H,29,31)(H,30,34)(H,32,33)/t17?,18?,23-,25+/m0/s1. The molecule has 2 saturated carbocycles. The third kappa shape index (κ3) is 4.90. The van der Waals surface area contributed by atoms with E-state index in [0.717, 1.165) is 30.4 Å². The molecule has 0 bridgehead atoms. The number of hydrogen-bond acceptors (Lipinski definition) is 4. The van der Waals surface area contributed by atoms with Gasteiger partial charge in [0.25, 0.3) is 0 Å². The van der Waals surface area contributed by atoms with Gasteiger partial charge in [0.05, 0.1) is 11.8 Å². The highest BCUT2D eigenvalue weighted by molar-refractivity contribution is 5.81. The Hall–Kier alpha value is -3.35. The molecule has 3 aliphatic carbocycles. The van der Waals surface area contributed by atoms with Gasteiger partial charge in [-0.05, 0) is 54.4 Å². The van der Waals surface area contributed by atoms with Crippen molar-refractivity contribution in [1.82, 2.24) is 10.6 Å². The molecule has 2 fully saturated rings. The van der Waals surface area contributed by atoms with Crippen LogP contribution in [0.4, 0.5) is 4.79 Å². The molecule has 3 aliphatic rings. The summed E-state index contributed by atoms with van der Waals surface area (Å²) >= 11 is 0. The summed E-state index contributed by atoms with van der Waals surface area (Å²) in [5.74, 6) is -1.61. The van der Waals surface area contributed by atoms with Crippen molar-refractivity contribution in [2.45, 2.75) is 62.9 Å². The molecule has 7 heteroatoms. The second-order valence-corrected chi connectivity index (χ2v) is 10.0. The zero-order chi connectivity index (χ0) is 24.4. The van der Waals surface area contributed by atoms with Crippen LogP contribution >= 0.6 is 0 Å². The molecule has 0 heterocycles. The lowest BCUT2D eigenvalue weighted by atomic mass is 9.83. The van der Waals surface area contributed by atoms with Crippen LogP contribution in [-0.4, -0.2) is 41.8 Å². The number of carboxylic acid groups (broad SMARTS) is 1. The Morgan fingerprint density at radius 3 is 2.17 bits per heavy atom. The smallest absolute Gasteiger partial charge is 0.407 e. The monoisotopic (exact) mass is 476 g/mol. The highest BCUT2D eigenvalue weighted by Crippen LogP contribution is 2.44. The molecular formula is C28H32N2O5. The quantitative estimate of drug-likeness (QED) is 0.571. The first-order chi connectivity index (χ1) is 17.0. The SMILES string of the molecule is O=C(N[C@@H]1CCCC[C@@H]1C(=O)NC1CCC(C(=O)O)C1)OCC1c2ccccc2-c2ccccc21. The molecule has 2 unspecified atom stereocenters. The predicted octanol–water partition coefficient (Wildman–Crippen LogP) is 4.45. The van der Waals surface area contributed by atoms with Crippen molar-refractivity contribution in [3.05, 3.63) is 59.7 Å². The fourth-order valence-corrected chi connectivity index (χ4v) is 6.05. The second kappa shape index (κ2) is 10.1. The van der Waals surface area contributed by atoms with Crippen molar-refractivity contribution in [3.63, 3.8) is 0 Å². The number of aliphatic carboxylic acids is 1. The van der Waals surface area contributed by atoms with Gasteiger partial charge >= 0.3 is 12.1 Å². The number of carbonyl (C=O) groups excluding carboxylic acids is 2. The minimum absolute atomic E-state index is 0.0110. The summed E-state index contributed by atoms with van der Waals surface area (Å²) in [5, 5.41) is 15.2. The van der Waals surface area contributed by atoms with Crippen LogP contribution in [0.5, 0.6) is 0 Å². The van der Waals surface area contributed by atoms with Crippen LogP contribution in [0.3, 0.4) is 0 Å². The van der Waals surface area contributed by atoms with E-state index in [2.05, 4.69) is 34.9 Å². The average molecular weight is 477 g/mol. The molecular weight excluding hydrogens is 444 g/mol. The lowest BCUT2D eigenvalue weighted by Crippen LogP contribution is -2.50. The summed E-state index contributed by atoms with van der Waals surface area (Å²) in [4.78, 5) is 37.0. The third-order valence-corrected chi connectivity index (χ3v) is 7.88. The summed E-state index contributed by atoms with van der Waals surface area (Å²) in [6, 6.07) is 16.0. The van der Waals surface area contributed by atoms with E-state index in [-0.39, 0.29) is 42.4 Å². The molecule has 0 spiro atoms. The van der Waals surface area contributed by atoms with E-state index < -0.39 is 12.1 Å². The molecule has 7 nitrogen and oxygen atoms in total. The number of alkyl carbamates (subject to hydrolysis) is 1. The number of hydrogen-bond donors (Lipinski definition) is 3. The number of benzene rings is 2. The summed E-state index contributed by atoms with van der Waals surface area (Å²) in [6.45, 7) is 0.238. The predicted molar refractivity (Wildman–Crippen MR) is 131 cm³/mol. The van der Waals surface area contributed by atoms with Crippen LogP contribution in [0.1, 0.15) is 62.0 Å². The van der Waals surface area contributed by atoms with Crippen molar-refractivity contribution in [2.75, 3.05) is 6.61 Å². The van der Waals surface area contributed by atoms with Crippen LogP contribution in [0, 0.1) is 11.8 Å². The van der Waals surface area contributed by atoms with Crippen molar-refractivity contribution in [3.8, 4) is 11.1 Å². The Morgan fingerprint density at radius 2 is 1.51 bits per heavy atom.